The van der Waals surface area contributed by atoms with Gasteiger partial charge in [-0.1, -0.05) is 72.2 Å². The van der Waals surface area contributed by atoms with Crippen molar-refractivity contribution < 1.29 is 14.3 Å². The molecule has 212 valence electrons. The summed E-state index contributed by atoms with van der Waals surface area (Å²) in [6.07, 6.45) is 0. The van der Waals surface area contributed by atoms with E-state index in [-0.39, 0.29) is 5.91 Å². The number of halogens is 2. The van der Waals surface area contributed by atoms with Crippen LogP contribution >= 0.6 is 35.0 Å². The molecular weight excluding hydrogens is 581 g/mol. The summed E-state index contributed by atoms with van der Waals surface area (Å²) in [5, 5.41) is 12.8. The minimum Gasteiger partial charge on any atom is -0.492 e. The van der Waals surface area contributed by atoms with Gasteiger partial charge in [-0.05, 0) is 61.6 Å². The fraction of sp³-hybridized carbons (Fsp3) is 0.233. The molecule has 8 nitrogen and oxygen atoms in total. The highest BCUT2D eigenvalue weighted by molar-refractivity contribution is 7.99. The van der Waals surface area contributed by atoms with E-state index in [1.54, 1.807) is 16.8 Å². The summed E-state index contributed by atoms with van der Waals surface area (Å²) in [7, 11) is 0. The van der Waals surface area contributed by atoms with Crippen LogP contribution in [0, 0.1) is 0 Å². The molecule has 1 aliphatic rings. The predicted molar refractivity (Wildman–Crippen MR) is 164 cm³/mol. The Bertz CT molecular complexity index is 1590. The van der Waals surface area contributed by atoms with Gasteiger partial charge in [0.05, 0.1) is 17.9 Å². The first-order chi connectivity index (χ1) is 19.9. The van der Waals surface area contributed by atoms with E-state index >= 15 is 0 Å². The number of thioether (sulfide) groups is 1. The molecule has 3 aromatic carbocycles. The second kappa shape index (κ2) is 12.9. The summed E-state index contributed by atoms with van der Waals surface area (Å²) in [6.45, 7) is 6.59. The van der Waals surface area contributed by atoms with Crippen LogP contribution in [0.15, 0.2) is 83.2 Å². The van der Waals surface area contributed by atoms with Crippen molar-refractivity contribution in [1.29, 1.82) is 0 Å². The molecule has 2 heterocycles. The van der Waals surface area contributed by atoms with Crippen LogP contribution in [0.2, 0.25) is 10.0 Å². The smallest absolute Gasteiger partial charge is 0.255 e. The lowest BCUT2D eigenvalue weighted by Crippen LogP contribution is -2.31. The number of aromatic nitrogens is 3. The lowest BCUT2D eigenvalue weighted by molar-refractivity contribution is -0.113. The van der Waals surface area contributed by atoms with E-state index in [0.717, 1.165) is 16.9 Å². The van der Waals surface area contributed by atoms with Crippen molar-refractivity contribution in [3.05, 3.63) is 99.2 Å². The third-order valence-electron chi connectivity index (χ3n) is 6.39. The summed E-state index contributed by atoms with van der Waals surface area (Å²) >= 11 is 13.8. The van der Waals surface area contributed by atoms with Crippen LogP contribution in [0.5, 0.6) is 11.5 Å². The Morgan fingerprint density at radius 2 is 1.85 bits per heavy atom. The zero-order chi connectivity index (χ0) is 28.9. The minimum absolute atomic E-state index is 0.268. The van der Waals surface area contributed by atoms with Gasteiger partial charge in [0.1, 0.15) is 24.1 Å². The number of carbonyl (C=O) groups is 1. The second-order valence-corrected chi connectivity index (χ2v) is 11.2. The fourth-order valence-electron chi connectivity index (χ4n) is 4.51. The zero-order valence-electron chi connectivity index (χ0n) is 22.8. The van der Waals surface area contributed by atoms with Crippen LogP contribution in [0.1, 0.15) is 37.9 Å². The van der Waals surface area contributed by atoms with Gasteiger partial charge in [0.15, 0.2) is 0 Å². The number of nitrogens with one attached hydrogen (secondary N) is 2. The lowest BCUT2D eigenvalue weighted by atomic mass is 9.95. The number of para-hydroxylation sites is 2. The van der Waals surface area contributed by atoms with Gasteiger partial charge in [0.25, 0.3) is 5.91 Å². The molecule has 1 atom stereocenters. The maximum Gasteiger partial charge on any atom is 0.255 e. The number of anilines is 2. The molecule has 1 amide bonds. The number of hydrogen-bond donors (Lipinski definition) is 2. The molecule has 1 aliphatic heterocycles. The zero-order valence-corrected chi connectivity index (χ0v) is 25.1. The number of rotatable bonds is 10. The Morgan fingerprint density at radius 3 is 2.59 bits per heavy atom. The molecular formula is C30H29Cl2N5O3S. The van der Waals surface area contributed by atoms with E-state index < -0.39 is 6.04 Å². The Balaban J connectivity index is 1.45. The number of nitrogens with zero attached hydrogens (tertiary/aromatic N) is 3. The van der Waals surface area contributed by atoms with Gasteiger partial charge in [0.2, 0.25) is 11.1 Å². The van der Waals surface area contributed by atoms with Crippen molar-refractivity contribution in [1.82, 2.24) is 14.8 Å². The quantitative estimate of drug-likeness (QED) is 0.179. The Labute approximate surface area is 253 Å². The second-order valence-electron chi connectivity index (χ2n) is 9.14. The maximum atomic E-state index is 13.9. The molecule has 0 aliphatic carbocycles. The topological polar surface area (TPSA) is 90.3 Å². The normalized spacial score (nSPS) is 14.3. The van der Waals surface area contributed by atoms with Crippen molar-refractivity contribution in [2.45, 2.75) is 38.6 Å². The number of allylic oxidation sites excluding steroid dienone is 1. The molecule has 0 saturated heterocycles. The molecule has 5 rings (SSSR count). The van der Waals surface area contributed by atoms with Crippen LogP contribution in [0.3, 0.4) is 0 Å². The van der Waals surface area contributed by atoms with E-state index in [1.165, 1.54) is 11.8 Å². The van der Waals surface area contributed by atoms with Crippen LogP contribution in [0.4, 0.5) is 11.6 Å². The third-order valence-corrected chi connectivity index (χ3v) is 7.70. The Kier molecular flexibility index (Phi) is 9.07. The number of amides is 1. The molecule has 1 aromatic heterocycles. The Hall–Kier alpha value is -3.66. The summed E-state index contributed by atoms with van der Waals surface area (Å²) in [5.74, 6) is 2.40. The van der Waals surface area contributed by atoms with Crippen molar-refractivity contribution in [3.8, 4) is 11.5 Å². The molecule has 11 heteroatoms. The van der Waals surface area contributed by atoms with Gasteiger partial charge in [-0.2, -0.15) is 4.98 Å². The van der Waals surface area contributed by atoms with Gasteiger partial charge >= 0.3 is 0 Å². The number of fused-ring (bicyclic) bond motifs is 1. The predicted octanol–water partition coefficient (Wildman–Crippen LogP) is 7.60. The van der Waals surface area contributed by atoms with Gasteiger partial charge < -0.3 is 20.1 Å². The first kappa shape index (κ1) is 28.9. The highest BCUT2D eigenvalue weighted by atomic mass is 35.5. The van der Waals surface area contributed by atoms with E-state index in [0.29, 0.717) is 62.8 Å². The standard InChI is InChI=1S/C30H29Cl2N5O3S/c1-4-39-25-9-7-6-8-24(25)34-28(38)26-18(3)33-29-35-30(41-5-2)36-37(29)27(26)19-11-14-22(15-12-19)40-17-20-10-13-21(31)16-23(20)32/h6-16,27H,4-5,17H2,1-3H3,(H,34,38)(H,33,35,36). The molecule has 0 saturated carbocycles. The van der Waals surface area contributed by atoms with Crippen LogP contribution in [-0.2, 0) is 11.4 Å². The van der Waals surface area contributed by atoms with Crippen LogP contribution in [0.25, 0.3) is 0 Å². The summed E-state index contributed by atoms with van der Waals surface area (Å²) in [5.41, 5.74) is 3.48. The van der Waals surface area contributed by atoms with E-state index in [4.69, 9.17) is 37.8 Å². The lowest BCUT2D eigenvalue weighted by Gasteiger charge is -2.29. The van der Waals surface area contributed by atoms with E-state index in [9.17, 15) is 4.79 Å². The summed E-state index contributed by atoms with van der Waals surface area (Å²) in [6, 6.07) is 19.8. The largest absolute Gasteiger partial charge is 0.492 e. The molecule has 0 radical (unpaired) electrons. The first-order valence-electron chi connectivity index (χ1n) is 13.1. The first-order valence-corrected chi connectivity index (χ1v) is 14.9. The van der Waals surface area contributed by atoms with Crippen molar-refractivity contribution in [2.24, 2.45) is 0 Å². The summed E-state index contributed by atoms with van der Waals surface area (Å²) in [4.78, 5) is 18.5. The van der Waals surface area contributed by atoms with Crippen LogP contribution < -0.4 is 20.1 Å². The van der Waals surface area contributed by atoms with Gasteiger partial charge in [0, 0.05) is 21.3 Å². The average Bonchev–Trinajstić information content (AvgIpc) is 3.35. The van der Waals surface area contributed by atoms with Gasteiger partial charge in [-0.15, -0.1) is 5.10 Å². The summed E-state index contributed by atoms with van der Waals surface area (Å²) < 4.78 is 13.5. The highest BCUT2D eigenvalue weighted by Crippen LogP contribution is 2.38. The Morgan fingerprint density at radius 1 is 1.07 bits per heavy atom. The van der Waals surface area contributed by atoms with Gasteiger partial charge in [-0.25, -0.2) is 4.68 Å². The SMILES string of the molecule is CCOc1ccccc1NC(=O)C1=C(C)Nc2nc(SCC)nn2C1c1ccc(OCc2ccc(Cl)cc2Cl)cc1. The highest BCUT2D eigenvalue weighted by Gasteiger charge is 2.34. The van der Waals surface area contributed by atoms with Gasteiger partial charge in [-0.3, -0.25) is 4.79 Å². The maximum absolute atomic E-state index is 13.9. The average molecular weight is 611 g/mol. The molecule has 0 spiro atoms. The molecule has 1 unspecified atom stereocenters. The van der Waals surface area contributed by atoms with E-state index in [2.05, 4.69) is 15.6 Å². The molecule has 4 aromatic rings. The molecule has 0 fully saturated rings. The van der Waals surface area contributed by atoms with Crippen molar-refractivity contribution in [2.75, 3.05) is 23.0 Å². The fourth-order valence-corrected chi connectivity index (χ4v) is 5.53. The number of carbonyl (C=O) groups excluding carboxylic acids is 1. The minimum atomic E-state index is -0.524. The molecule has 2 N–H and O–H groups in total. The number of hydrogen-bond acceptors (Lipinski definition) is 7. The molecule has 41 heavy (non-hydrogen) atoms. The van der Waals surface area contributed by atoms with Crippen LogP contribution in [-0.4, -0.2) is 33.0 Å². The molecule has 0 bridgehead atoms. The number of ether oxygens (including phenoxy) is 2. The van der Waals surface area contributed by atoms with E-state index in [1.807, 2.05) is 75.4 Å². The third kappa shape index (κ3) is 6.48. The van der Waals surface area contributed by atoms with Crippen molar-refractivity contribution >= 4 is 52.5 Å². The monoisotopic (exact) mass is 609 g/mol. The van der Waals surface area contributed by atoms with Crippen molar-refractivity contribution in [3.63, 3.8) is 0 Å². The number of benzene rings is 3.